The highest BCUT2D eigenvalue weighted by Crippen LogP contribution is 2.38. The van der Waals surface area contributed by atoms with Crippen LogP contribution in [0.5, 0.6) is 10.9 Å². The van der Waals surface area contributed by atoms with Crippen LogP contribution in [0.3, 0.4) is 0 Å². The number of aromatic nitrogens is 1. The van der Waals surface area contributed by atoms with Gasteiger partial charge in [-0.25, -0.2) is 4.98 Å². The van der Waals surface area contributed by atoms with Crippen LogP contribution in [0.15, 0.2) is 12.1 Å². The van der Waals surface area contributed by atoms with Crippen LogP contribution in [0.2, 0.25) is 0 Å². The molecule has 7 nitrogen and oxygen atoms in total. The average molecular weight is 404 g/mol. The van der Waals surface area contributed by atoms with Gasteiger partial charge in [-0.2, -0.15) is 8.42 Å². The Kier molecular flexibility index (Phi) is 6.17. The molecule has 0 aliphatic heterocycles. The highest BCUT2D eigenvalue weighted by molar-refractivity contribution is 7.85. The monoisotopic (exact) mass is 403 g/mol. The largest absolute Gasteiger partial charge is 0.488 e. The van der Waals surface area contributed by atoms with Crippen molar-refractivity contribution in [3.8, 4) is 10.9 Å². The van der Waals surface area contributed by atoms with Crippen molar-refractivity contribution in [3.05, 3.63) is 17.7 Å². The van der Waals surface area contributed by atoms with Crippen LogP contribution in [-0.2, 0) is 14.3 Å². The maximum Gasteiger partial charge on any atom is 0.274 e. The van der Waals surface area contributed by atoms with Crippen LogP contribution in [0.25, 0.3) is 10.2 Å². The molecule has 2 rings (SSSR count). The Labute approximate surface area is 158 Å². The Bertz CT molecular complexity index is 867. The van der Waals surface area contributed by atoms with Gasteiger partial charge in [-0.15, -0.1) is 0 Å². The molecule has 1 aromatic carbocycles. The van der Waals surface area contributed by atoms with Crippen molar-refractivity contribution in [3.63, 3.8) is 0 Å². The lowest BCUT2D eigenvalue weighted by molar-refractivity contribution is 0.111. The first-order chi connectivity index (χ1) is 11.8. The molecule has 0 bridgehead atoms. The van der Waals surface area contributed by atoms with E-state index in [0.29, 0.717) is 26.7 Å². The molecule has 1 atom stereocenters. The molecule has 1 N–H and O–H groups in total. The normalized spacial score (nSPS) is 14.0. The summed E-state index contributed by atoms with van der Waals surface area (Å²) in [6.07, 6.45) is -0.249. The molecule has 26 heavy (non-hydrogen) atoms. The Hall–Kier alpha value is -1.42. The molecule has 2 aromatic rings. The number of nitrogens with zero attached hydrogens (tertiary/aromatic N) is 1. The second-order valence-corrected chi connectivity index (χ2v) is 9.83. The van der Waals surface area contributed by atoms with E-state index >= 15 is 0 Å². The Morgan fingerprint density at radius 3 is 2.46 bits per heavy atom. The van der Waals surface area contributed by atoms with Gasteiger partial charge in [0.15, 0.2) is 0 Å². The molecular formula is C17H25NO6S2. The number of ether oxygens (including phenoxy) is 2. The second kappa shape index (κ2) is 7.67. The predicted octanol–water partition coefficient (Wildman–Crippen LogP) is 3.27. The molecular weight excluding hydrogens is 378 g/mol. The minimum atomic E-state index is -3.66. The molecule has 9 heteroatoms. The third kappa shape index (κ3) is 6.08. The summed E-state index contributed by atoms with van der Waals surface area (Å²) in [5, 5.41) is 11.0. The van der Waals surface area contributed by atoms with Crippen LogP contribution in [0.1, 0.15) is 46.3 Å². The smallest absolute Gasteiger partial charge is 0.274 e. The summed E-state index contributed by atoms with van der Waals surface area (Å²) < 4.78 is 39.4. The van der Waals surface area contributed by atoms with Gasteiger partial charge in [-0.1, -0.05) is 11.3 Å². The summed E-state index contributed by atoms with van der Waals surface area (Å²) in [6.45, 7) is 9.15. The molecule has 146 valence electrons. The molecule has 0 saturated carbocycles. The van der Waals surface area contributed by atoms with Crippen molar-refractivity contribution < 1.29 is 27.2 Å². The van der Waals surface area contributed by atoms with Crippen LogP contribution in [-0.4, -0.2) is 43.1 Å². The van der Waals surface area contributed by atoms with E-state index in [1.165, 1.54) is 11.3 Å². The Morgan fingerprint density at radius 1 is 1.27 bits per heavy atom. The third-order valence-electron chi connectivity index (χ3n) is 3.03. The summed E-state index contributed by atoms with van der Waals surface area (Å²) >= 11 is 1.29. The van der Waals surface area contributed by atoms with Crippen molar-refractivity contribution in [1.82, 2.24) is 4.98 Å². The number of aliphatic hydroxyl groups excluding tert-OH is 1. The molecule has 1 heterocycles. The minimum Gasteiger partial charge on any atom is -0.488 e. The predicted molar refractivity (Wildman–Crippen MR) is 102 cm³/mol. The van der Waals surface area contributed by atoms with E-state index in [-0.39, 0.29) is 12.7 Å². The van der Waals surface area contributed by atoms with Gasteiger partial charge in [0.05, 0.1) is 29.2 Å². The quantitative estimate of drug-likeness (QED) is 0.709. The van der Waals surface area contributed by atoms with Crippen molar-refractivity contribution in [1.29, 1.82) is 0 Å². The number of hydrogen-bond acceptors (Lipinski definition) is 8. The zero-order chi connectivity index (χ0) is 19.7. The van der Waals surface area contributed by atoms with E-state index in [0.717, 1.165) is 6.26 Å². The van der Waals surface area contributed by atoms with Gasteiger partial charge in [-0.3, -0.25) is 4.18 Å². The second-order valence-electron chi connectivity index (χ2n) is 7.23. The average Bonchev–Trinajstić information content (AvgIpc) is 2.82. The standard InChI is InChI=1S/C17H25NO6S2/c1-10(2)23-16-18-13-8-11(24-17(3,4)5)7-12(15(13)25-16)14(19)9-22-26(6,20)21/h7-8,10,14,19H,9H2,1-6H3. The highest BCUT2D eigenvalue weighted by atomic mass is 32.2. The number of thiazole rings is 1. The van der Waals surface area contributed by atoms with E-state index in [1.54, 1.807) is 12.1 Å². The zero-order valence-corrected chi connectivity index (χ0v) is 17.4. The number of fused-ring (bicyclic) bond motifs is 1. The highest BCUT2D eigenvalue weighted by Gasteiger charge is 2.21. The van der Waals surface area contributed by atoms with Crippen molar-refractivity contribution in [2.45, 2.75) is 52.4 Å². The van der Waals surface area contributed by atoms with E-state index in [1.807, 2.05) is 34.6 Å². The first-order valence-corrected chi connectivity index (χ1v) is 10.8. The summed E-state index contributed by atoms with van der Waals surface area (Å²) in [5.41, 5.74) is 0.661. The molecule has 0 radical (unpaired) electrons. The van der Waals surface area contributed by atoms with Crippen LogP contribution in [0.4, 0.5) is 0 Å². The third-order valence-corrected chi connectivity index (χ3v) is 4.61. The SMILES string of the molecule is CC(C)Oc1nc2cc(OC(C)(C)C)cc(C(O)COS(C)(=O)=O)c2s1. The molecule has 0 amide bonds. The van der Waals surface area contributed by atoms with Gasteiger partial charge in [0.2, 0.25) is 0 Å². The molecule has 0 spiro atoms. The van der Waals surface area contributed by atoms with Crippen molar-refractivity contribution in [2.24, 2.45) is 0 Å². The summed E-state index contributed by atoms with van der Waals surface area (Å²) in [5.74, 6) is 0.528. The summed E-state index contributed by atoms with van der Waals surface area (Å²) in [6, 6.07) is 3.46. The van der Waals surface area contributed by atoms with E-state index in [4.69, 9.17) is 13.7 Å². The first kappa shape index (κ1) is 20.9. The molecule has 1 aromatic heterocycles. The maximum atomic E-state index is 11.2. The van der Waals surface area contributed by atoms with E-state index < -0.39 is 21.8 Å². The fourth-order valence-corrected chi connectivity index (χ4v) is 3.66. The van der Waals surface area contributed by atoms with Crippen LogP contribution >= 0.6 is 11.3 Å². The fourth-order valence-electron chi connectivity index (χ4n) is 2.20. The molecule has 0 saturated heterocycles. The lowest BCUT2D eigenvalue weighted by atomic mass is 10.1. The zero-order valence-electron chi connectivity index (χ0n) is 15.8. The van der Waals surface area contributed by atoms with E-state index in [9.17, 15) is 13.5 Å². The first-order valence-electron chi connectivity index (χ1n) is 8.16. The Morgan fingerprint density at radius 2 is 1.92 bits per heavy atom. The molecule has 0 fully saturated rings. The van der Waals surface area contributed by atoms with Gasteiger partial charge < -0.3 is 14.6 Å². The number of aliphatic hydroxyl groups is 1. The van der Waals surface area contributed by atoms with Crippen LogP contribution < -0.4 is 9.47 Å². The van der Waals surface area contributed by atoms with E-state index in [2.05, 4.69) is 4.98 Å². The minimum absolute atomic E-state index is 0.0391. The van der Waals surface area contributed by atoms with Gasteiger partial charge in [-0.05, 0) is 40.7 Å². The van der Waals surface area contributed by atoms with Crippen molar-refractivity contribution >= 4 is 31.7 Å². The maximum absolute atomic E-state index is 11.2. The lowest BCUT2D eigenvalue weighted by Crippen LogP contribution is -2.23. The summed E-state index contributed by atoms with van der Waals surface area (Å²) in [4.78, 5) is 4.44. The molecule has 0 aliphatic rings. The van der Waals surface area contributed by atoms with Crippen molar-refractivity contribution in [2.75, 3.05) is 12.9 Å². The number of rotatable bonds is 7. The topological polar surface area (TPSA) is 94.9 Å². The fraction of sp³-hybridized carbons (Fsp3) is 0.588. The molecule has 1 unspecified atom stereocenters. The summed E-state index contributed by atoms with van der Waals surface area (Å²) in [7, 11) is -3.66. The van der Waals surface area contributed by atoms with Crippen LogP contribution in [0, 0.1) is 0 Å². The lowest BCUT2D eigenvalue weighted by Gasteiger charge is -2.22. The van der Waals surface area contributed by atoms with Gasteiger partial charge >= 0.3 is 0 Å². The number of hydrogen-bond donors (Lipinski definition) is 1. The van der Waals surface area contributed by atoms with Gasteiger partial charge in [0.25, 0.3) is 15.3 Å². The van der Waals surface area contributed by atoms with Gasteiger partial charge in [0, 0.05) is 11.6 Å². The number of benzene rings is 1. The molecule has 0 aliphatic carbocycles. The van der Waals surface area contributed by atoms with Gasteiger partial charge in [0.1, 0.15) is 17.5 Å². The Balaban J connectivity index is 2.47.